The molecule has 0 fully saturated rings. The van der Waals surface area contributed by atoms with Crippen molar-refractivity contribution in [2.75, 3.05) is 57.3 Å². The van der Waals surface area contributed by atoms with Crippen LogP contribution in [0.3, 0.4) is 0 Å². The molecule has 6 heteroatoms. The number of rotatable bonds is 12. The molecule has 3 aromatic rings. The summed E-state index contributed by atoms with van der Waals surface area (Å²) < 4.78 is 0. The van der Waals surface area contributed by atoms with Gasteiger partial charge >= 0.3 is 0 Å². The van der Waals surface area contributed by atoms with Crippen LogP contribution in [-0.2, 0) is 0 Å². The Bertz CT molecular complexity index is 848. The molecule has 0 bridgehead atoms. The second kappa shape index (κ2) is 11.1. The van der Waals surface area contributed by atoms with Crippen LogP contribution in [0.1, 0.15) is 27.7 Å². The van der Waals surface area contributed by atoms with Gasteiger partial charge in [0.15, 0.2) is 0 Å². The molecule has 0 radical (unpaired) electrons. The summed E-state index contributed by atoms with van der Waals surface area (Å²) in [6, 6.07) is 10.7. The Morgan fingerprint density at radius 3 is 2.10 bits per heavy atom. The zero-order valence-corrected chi connectivity index (χ0v) is 18.9. The minimum Gasteiger partial charge on any atom is -0.369 e. The van der Waals surface area contributed by atoms with Crippen LogP contribution in [0.5, 0.6) is 0 Å². The summed E-state index contributed by atoms with van der Waals surface area (Å²) in [7, 11) is 0. The maximum atomic E-state index is 4.75. The molecule has 30 heavy (non-hydrogen) atoms. The number of nitrogens with zero attached hydrogens (tertiary/aromatic N) is 5. The first-order chi connectivity index (χ1) is 14.7. The van der Waals surface area contributed by atoms with Crippen molar-refractivity contribution in [2.45, 2.75) is 27.7 Å². The molecule has 0 saturated heterocycles. The van der Waals surface area contributed by atoms with Crippen molar-refractivity contribution in [3.05, 3.63) is 42.7 Å². The Hall–Kier alpha value is -2.44. The Labute approximate surface area is 180 Å². The monoisotopic (exact) mass is 408 g/mol. The SMILES string of the molecule is CCN(CC)CCN(CCN(CC)CC)c1cccc(-c2nc3ccncc3[nH]2)c1. The number of aromatic nitrogens is 3. The summed E-state index contributed by atoms with van der Waals surface area (Å²) in [5.41, 5.74) is 4.29. The highest BCUT2D eigenvalue weighted by molar-refractivity contribution is 5.79. The molecule has 0 aliphatic carbocycles. The van der Waals surface area contributed by atoms with Gasteiger partial charge in [0.1, 0.15) is 5.82 Å². The molecule has 0 aliphatic rings. The summed E-state index contributed by atoms with van der Waals surface area (Å²) in [5, 5.41) is 0. The van der Waals surface area contributed by atoms with Gasteiger partial charge in [-0.05, 0) is 44.4 Å². The van der Waals surface area contributed by atoms with E-state index in [4.69, 9.17) is 4.98 Å². The fourth-order valence-electron chi connectivity index (χ4n) is 3.82. The van der Waals surface area contributed by atoms with Crippen LogP contribution >= 0.6 is 0 Å². The molecule has 0 unspecified atom stereocenters. The number of imidazole rings is 1. The van der Waals surface area contributed by atoms with Crippen molar-refractivity contribution in [1.82, 2.24) is 24.8 Å². The number of anilines is 1. The average molecular weight is 409 g/mol. The predicted octanol–water partition coefficient (Wildman–Crippen LogP) is 4.11. The molecule has 0 amide bonds. The Morgan fingerprint density at radius 1 is 0.833 bits per heavy atom. The predicted molar refractivity (Wildman–Crippen MR) is 127 cm³/mol. The van der Waals surface area contributed by atoms with Crippen LogP contribution in [0.15, 0.2) is 42.7 Å². The fourth-order valence-corrected chi connectivity index (χ4v) is 3.82. The van der Waals surface area contributed by atoms with E-state index < -0.39 is 0 Å². The molecule has 1 aromatic carbocycles. The van der Waals surface area contributed by atoms with E-state index in [1.54, 1.807) is 6.20 Å². The van der Waals surface area contributed by atoms with Crippen molar-refractivity contribution in [3.8, 4) is 11.4 Å². The number of nitrogens with one attached hydrogen (secondary N) is 1. The normalized spacial score (nSPS) is 11.7. The molecule has 2 heterocycles. The second-order valence-electron chi connectivity index (χ2n) is 7.57. The lowest BCUT2D eigenvalue weighted by atomic mass is 10.1. The topological polar surface area (TPSA) is 51.3 Å². The summed E-state index contributed by atoms with van der Waals surface area (Å²) >= 11 is 0. The Kier molecular flexibility index (Phi) is 8.22. The van der Waals surface area contributed by atoms with Gasteiger partial charge in [0.05, 0.1) is 17.2 Å². The number of benzene rings is 1. The van der Waals surface area contributed by atoms with Gasteiger partial charge in [-0.1, -0.05) is 39.8 Å². The highest BCUT2D eigenvalue weighted by atomic mass is 15.2. The molecular formula is C24H36N6. The molecule has 0 atom stereocenters. The number of H-pyrrole nitrogens is 1. The molecule has 0 spiro atoms. The zero-order chi connectivity index (χ0) is 21.3. The second-order valence-corrected chi connectivity index (χ2v) is 7.57. The highest BCUT2D eigenvalue weighted by Crippen LogP contribution is 2.24. The van der Waals surface area contributed by atoms with E-state index in [-0.39, 0.29) is 0 Å². The number of hydrogen-bond donors (Lipinski definition) is 1. The first-order valence-corrected chi connectivity index (χ1v) is 11.3. The van der Waals surface area contributed by atoms with Gasteiger partial charge in [-0.15, -0.1) is 0 Å². The van der Waals surface area contributed by atoms with Gasteiger partial charge < -0.3 is 19.7 Å². The Morgan fingerprint density at radius 2 is 1.50 bits per heavy atom. The largest absolute Gasteiger partial charge is 0.369 e. The van der Waals surface area contributed by atoms with E-state index in [0.29, 0.717) is 0 Å². The molecule has 162 valence electrons. The molecule has 0 saturated carbocycles. The third kappa shape index (κ3) is 5.58. The van der Waals surface area contributed by atoms with Gasteiger partial charge in [-0.2, -0.15) is 0 Å². The average Bonchev–Trinajstić information content (AvgIpc) is 3.23. The number of fused-ring (bicyclic) bond motifs is 1. The fraction of sp³-hybridized carbons (Fsp3) is 0.500. The van der Waals surface area contributed by atoms with Gasteiger partial charge in [-0.25, -0.2) is 4.98 Å². The van der Waals surface area contributed by atoms with E-state index in [9.17, 15) is 0 Å². The third-order valence-electron chi connectivity index (χ3n) is 5.93. The van der Waals surface area contributed by atoms with Crippen molar-refractivity contribution >= 4 is 16.7 Å². The van der Waals surface area contributed by atoms with E-state index in [2.05, 4.69) is 76.6 Å². The van der Waals surface area contributed by atoms with Crippen LogP contribution in [0.4, 0.5) is 5.69 Å². The van der Waals surface area contributed by atoms with Gasteiger partial charge in [-0.3, -0.25) is 4.98 Å². The Balaban J connectivity index is 1.82. The number of likely N-dealkylation sites (N-methyl/N-ethyl adjacent to an activating group) is 2. The van der Waals surface area contributed by atoms with Gasteiger partial charge in [0.2, 0.25) is 0 Å². The summed E-state index contributed by atoms with van der Waals surface area (Å²) in [4.78, 5) is 19.8. The molecule has 6 nitrogen and oxygen atoms in total. The summed E-state index contributed by atoms with van der Waals surface area (Å²) in [6.45, 7) is 17.5. The summed E-state index contributed by atoms with van der Waals surface area (Å²) in [5.74, 6) is 0.896. The molecule has 3 rings (SSSR count). The lowest BCUT2D eigenvalue weighted by molar-refractivity contribution is 0.294. The first-order valence-electron chi connectivity index (χ1n) is 11.3. The maximum Gasteiger partial charge on any atom is 0.138 e. The van der Waals surface area contributed by atoms with Crippen LogP contribution < -0.4 is 4.90 Å². The minimum atomic E-state index is 0.896. The molecular weight excluding hydrogens is 372 g/mol. The number of aromatic amines is 1. The third-order valence-corrected chi connectivity index (χ3v) is 5.93. The van der Waals surface area contributed by atoms with E-state index in [1.165, 1.54) is 5.69 Å². The van der Waals surface area contributed by atoms with Crippen molar-refractivity contribution < 1.29 is 0 Å². The maximum absolute atomic E-state index is 4.75. The molecule has 0 aliphatic heterocycles. The lowest BCUT2D eigenvalue weighted by Crippen LogP contribution is -2.39. The van der Waals surface area contributed by atoms with Crippen molar-refractivity contribution in [1.29, 1.82) is 0 Å². The van der Waals surface area contributed by atoms with Crippen LogP contribution in [0.2, 0.25) is 0 Å². The number of hydrogen-bond acceptors (Lipinski definition) is 5. The number of pyridine rings is 1. The van der Waals surface area contributed by atoms with E-state index in [1.807, 2.05) is 12.3 Å². The van der Waals surface area contributed by atoms with Gasteiger partial charge in [0, 0.05) is 43.6 Å². The van der Waals surface area contributed by atoms with Crippen molar-refractivity contribution in [3.63, 3.8) is 0 Å². The highest BCUT2D eigenvalue weighted by Gasteiger charge is 2.13. The molecule has 1 N–H and O–H groups in total. The standard InChI is InChI=1S/C24H36N6/c1-5-28(6-2)14-16-30(17-15-29(7-3)8-4)21-11-9-10-20(18-21)24-26-22-12-13-25-19-23(22)27-24/h9-13,18-19H,5-8,14-17H2,1-4H3,(H,26,27). The quantitative estimate of drug-likeness (QED) is 0.489. The van der Waals surface area contributed by atoms with E-state index >= 15 is 0 Å². The van der Waals surface area contributed by atoms with Crippen molar-refractivity contribution in [2.24, 2.45) is 0 Å². The van der Waals surface area contributed by atoms with Crippen LogP contribution in [0, 0.1) is 0 Å². The van der Waals surface area contributed by atoms with Gasteiger partial charge in [0.25, 0.3) is 0 Å². The van der Waals surface area contributed by atoms with E-state index in [0.717, 1.165) is 74.8 Å². The zero-order valence-electron chi connectivity index (χ0n) is 18.9. The smallest absolute Gasteiger partial charge is 0.138 e. The lowest BCUT2D eigenvalue weighted by Gasteiger charge is -2.30. The minimum absolute atomic E-state index is 0.896. The summed E-state index contributed by atoms with van der Waals surface area (Å²) in [6.07, 6.45) is 3.61. The van der Waals surface area contributed by atoms with Crippen LogP contribution in [0.25, 0.3) is 22.4 Å². The van der Waals surface area contributed by atoms with Crippen LogP contribution in [-0.4, -0.2) is 77.1 Å². The molecule has 2 aromatic heterocycles. The first kappa shape index (κ1) is 22.2.